The zero-order chi connectivity index (χ0) is 22.3. The third-order valence-corrected chi connectivity index (χ3v) is 4.85. The van der Waals surface area contributed by atoms with Gasteiger partial charge in [-0.05, 0) is 24.3 Å². The molecular weight excluding hydrogens is 409 g/mol. The maximum absolute atomic E-state index is 15.3. The summed E-state index contributed by atoms with van der Waals surface area (Å²) < 4.78 is 52.0. The molecule has 0 amide bonds. The number of methoxy groups -OCH3 is 1. The van der Waals surface area contributed by atoms with E-state index in [1.807, 2.05) is 0 Å². The Morgan fingerprint density at radius 3 is 2.55 bits per heavy atom. The Morgan fingerprint density at radius 1 is 1.10 bits per heavy atom. The Morgan fingerprint density at radius 2 is 1.87 bits per heavy atom. The topological polar surface area (TPSA) is 92.6 Å². The Labute approximate surface area is 174 Å². The third kappa shape index (κ3) is 3.56. The molecule has 0 spiro atoms. The van der Waals surface area contributed by atoms with Gasteiger partial charge in [0.05, 0.1) is 25.0 Å². The highest BCUT2D eigenvalue weighted by atomic mass is 19.3. The van der Waals surface area contributed by atoms with Crippen LogP contribution in [-0.4, -0.2) is 32.3 Å². The first-order chi connectivity index (χ1) is 14.7. The van der Waals surface area contributed by atoms with Crippen molar-refractivity contribution in [3.05, 3.63) is 72.0 Å². The quantitative estimate of drug-likeness (QED) is 0.385. The van der Waals surface area contributed by atoms with Gasteiger partial charge in [0.1, 0.15) is 5.75 Å². The zero-order valence-corrected chi connectivity index (χ0v) is 16.5. The van der Waals surface area contributed by atoms with Gasteiger partial charge in [0, 0.05) is 41.5 Å². The molecule has 0 aliphatic rings. The second-order valence-corrected chi connectivity index (χ2v) is 6.90. The molecule has 1 aromatic carbocycles. The van der Waals surface area contributed by atoms with Crippen LogP contribution in [0, 0.1) is 16.6 Å². The molecule has 3 aromatic heterocycles. The van der Waals surface area contributed by atoms with Crippen LogP contribution < -0.4 is 10.2 Å². The number of rotatable bonds is 4. The molecule has 0 aliphatic carbocycles. The number of aryl methyl sites for hydroxylation is 1. The van der Waals surface area contributed by atoms with Crippen molar-refractivity contribution in [3.8, 4) is 16.9 Å². The van der Waals surface area contributed by atoms with Crippen LogP contribution >= 0.6 is 0 Å². The van der Waals surface area contributed by atoms with Gasteiger partial charge in [-0.15, -0.1) is 0 Å². The van der Waals surface area contributed by atoms with E-state index in [2.05, 4.69) is 10.1 Å². The van der Waals surface area contributed by atoms with Crippen LogP contribution in [0.4, 0.5) is 13.2 Å². The normalized spacial score (nSPS) is 11.6. The van der Waals surface area contributed by atoms with Crippen LogP contribution in [0.25, 0.3) is 22.0 Å². The van der Waals surface area contributed by atoms with E-state index in [1.54, 1.807) is 19.3 Å². The molecule has 0 atom stereocenters. The van der Waals surface area contributed by atoms with Gasteiger partial charge in [0.25, 0.3) is 0 Å². The van der Waals surface area contributed by atoms with E-state index in [9.17, 15) is 4.39 Å². The van der Waals surface area contributed by atoms with Crippen LogP contribution in [0.5, 0.6) is 5.75 Å². The molecule has 0 fully saturated rings. The minimum Gasteiger partial charge on any atom is -0.495 e. The van der Waals surface area contributed by atoms with Gasteiger partial charge in [-0.3, -0.25) is 25.1 Å². The lowest BCUT2D eigenvalue weighted by molar-refractivity contribution is 0.0706. The fraction of sp³-hybridized carbons (Fsp3) is 0.143. The number of benzene rings is 1. The van der Waals surface area contributed by atoms with Crippen molar-refractivity contribution < 1.29 is 17.9 Å². The zero-order valence-electron chi connectivity index (χ0n) is 16.5. The van der Waals surface area contributed by atoms with E-state index >= 15 is 8.78 Å². The molecule has 0 saturated heterocycles. The first-order valence-electron chi connectivity index (χ1n) is 9.08. The summed E-state index contributed by atoms with van der Waals surface area (Å²) in [5.41, 5.74) is -0.171. The standard InChI is InChI=1S/C21H17F3N6O/c1-29-10-14(8-28-29)13-7-17(22)19(25)30(11-13)20(26)21(23,24)15-3-4-18-12(5-15)6-16(31-2)9-27-18/h3-11,25-26H,1-2H3. The minimum atomic E-state index is -3.81. The lowest BCUT2D eigenvalue weighted by Gasteiger charge is -2.21. The fourth-order valence-electron chi connectivity index (χ4n) is 3.17. The monoisotopic (exact) mass is 426 g/mol. The summed E-state index contributed by atoms with van der Waals surface area (Å²) >= 11 is 0. The molecule has 0 bridgehead atoms. The Bertz CT molecular complexity index is 1380. The van der Waals surface area contributed by atoms with Gasteiger partial charge in [-0.2, -0.15) is 13.9 Å². The number of nitrogens with one attached hydrogen (secondary N) is 2. The maximum Gasteiger partial charge on any atom is 0.329 e. The number of alkyl halides is 2. The molecule has 31 heavy (non-hydrogen) atoms. The van der Waals surface area contributed by atoms with Crippen molar-refractivity contribution in [1.82, 2.24) is 19.3 Å². The maximum atomic E-state index is 15.3. The SMILES string of the molecule is COc1cnc2ccc(C(F)(F)C(=N)n3cc(-c4cnn(C)c4)cc(F)c3=N)cc2c1. The molecule has 158 valence electrons. The fourth-order valence-corrected chi connectivity index (χ4v) is 3.17. The summed E-state index contributed by atoms with van der Waals surface area (Å²) in [5.74, 6) is -5.69. The Hall–Kier alpha value is -3.95. The van der Waals surface area contributed by atoms with Crippen LogP contribution in [-0.2, 0) is 13.0 Å². The molecule has 7 nitrogen and oxygen atoms in total. The van der Waals surface area contributed by atoms with E-state index in [1.165, 1.54) is 36.3 Å². The summed E-state index contributed by atoms with van der Waals surface area (Å²) in [6.45, 7) is 0. The van der Waals surface area contributed by atoms with Gasteiger partial charge in [0.2, 0.25) is 0 Å². The van der Waals surface area contributed by atoms with Crippen molar-refractivity contribution in [3.63, 3.8) is 0 Å². The lowest BCUT2D eigenvalue weighted by atomic mass is 10.0. The van der Waals surface area contributed by atoms with Crippen molar-refractivity contribution in [2.45, 2.75) is 5.92 Å². The summed E-state index contributed by atoms with van der Waals surface area (Å²) in [6.07, 6.45) is 5.61. The molecular formula is C21H17F3N6O. The van der Waals surface area contributed by atoms with Crippen molar-refractivity contribution in [2.24, 2.45) is 7.05 Å². The van der Waals surface area contributed by atoms with Gasteiger partial charge >= 0.3 is 5.92 Å². The lowest BCUT2D eigenvalue weighted by Crippen LogP contribution is -2.39. The summed E-state index contributed by atoms with van der Waals surface area (Å²) in [5, 5.41) is 20.4. The average molecular weight is 426 g/mol. The number of nitrogens with zero attached hydrogens (tertiary/aromatic N) is 4. The second kappa shape index (κ2) is 7.38. The minimum absolute atomic E-state index is 0.217. The van der Waals surface area contributed by atoms with Gasteiger partial charge in [-0.1, -0.05) is 6.07 Å². The predicted molar refractivity (Wildman–Crippen MR) is 108 cm³/mol. The Balaban J connectivity index is 1.80. The molecule has 2 N–H and O–H groups in total. The van der Waals surface area contributed by atoms with Crippen molar-refractivity contribution >= 4 is 16.7 Å². The number of halogens is 3. The first-order valence-corrected chi connectivity index (χ1v) is 9.08. The highest BCUT2D eigenvalue weighted by Gasteiger charge is 2.39. The smallest absolute Gasteiger partial charge is 0.329 e. The number of pyridine rings is 2. The molecule has 10 heteroatoms. The van der Waals surface area contributed by atoms with Crippen LogP contribution in [0.15, 0.2) is 55.1 Å². The molecule has 0 radical (unpaired) electrons. The second-order valence-electron chi connectivity index (χ2n) is 6.90. The van der Waals surface area contributed by atoms with E-state index < -0.39 is 28.6 Å². The van der Waals surface area contributed by atoms with E-state index in [-0.39, 0.29) is 5.56 Å². The van der Waals surface area contributed by atoms with Gasteiger partial charge < -0.3 is 4.74 Å². The van der Waals surface area contributed by atoms with E-state index in [0.29, 0.717) is 26.8 Å². The predicted octanol–water partition coefficient (Wildman–Crippen LogP) is 3.68. The summed E-state index contributed by atoms with van der Waals surface area (Å²) in [4.78, 5) is 4.13. The molecule has 4 aromatic rings. The van der Waals surface area contributed by atoms with E-state index in [4.69, 9.17) is 15.6 Å². The van der Waals surface area contributed by atoms with Gasteiger partial charge in [0.15, 0.2) is 17.1 Å². The number of hydrogen-bond donors (Lipinski definition) is 2. The summed E-state index contributed by atoms with van der Waals surface area (Å²) in [6, 6.07) is 6.36. The van der Waals surface area contributed by atoms with Crippen LogP contribution in [0.2, 0.25) is 0 Å². The van der Waals surface area contributed by atoms with Gasteiger partial charge in [-0.25, -0.2) is 4.39 Å². The number of fused-ring (bicyclic) bond motifs is 1. The van der Waals surface area contributed by atoms with Crippen molar-refractivity contribution in [2.75, 3.05) is 7.11 Å². The molecule has 4 rings (SSSR count). The molecule has 3 heterocycles. The highest BCUT2D eigenvalue weighted by Crippen LogP contribution is 2.32. The van der Waals surface area contributed by atoms with Crippen molar-refractivity contribution in [1.29, 1.82) is 10.8 Å². The molecule has 0 unspecified atom stereocenters. The number of hydrogen-bond acceptors (Lipinski definition) is 5. The molecule has 0 saturated carbocycles. The Kier molecular flexibility index (Phi) is 4.84. The summed E-state index contributed by atoms with van der Waals surface area (Å²) in [7, 11) is 3.10. The number of ether oxygens (including phenoxy) is 1. The number of aromatic nitrogens is 4. The largest absolute Gasteiger partial charge is 0.495 e. The van der Waals surface area contributed by atoms with E-state index in [0.717, 1.165) is 18.3 Å². The first kappa shape index (κ1) is 20.3. The average Bonchev–Trinajstić information content (AvgIpc) is 3.20. The molecule has 0 aliphatic heterocycles. The van der Waals surface area contributed by atoms with Crippen LogP contribution in [0.3, 0.4) is 0 Å². The van der Waals surface area contributed by atoms with Crippen LogP contribution in [0.1, 0.15) is 5.56 Å². The third-order valence-electron chi connectivity index (χ3n) is 4.85. The highest BCUT2D eigenvalue weighted by molar-refractivity contribution is 5.91.